The van der Waals surface area contributed by atoms with Gasteiger partial charge in [-0.3, -0.25) is 9.78 Å². The van der Waals surface area contributed by atoms with Gasteiger partial charge in [-0.2, -0.15) is 0 Å². The molecule has 2 heterocycles. The van der Waals surface area contributed by atoms with Crippen molar-refractivity contribution in [1.29, 1.82) is 0 Å². The summed E-state index contributed by atoms with van der Waals surface area (Å²) in [5, 5.41) is 11.8. The number of carbonyl (C=O) groups is 1. The van der Waals surface area contributed by atoms with Gasteiger partial charge in [-0.1, -0.05) is 11.8 Å². The fourth-order valence-corrected chi connectivity index (χ4v) is 2.63. The van der Waals surface area contributed by atoms with Gasteiger partial charge in [0.15, 0.2) is 0 Å². The smallest absolute Gasteiger partial charge is 0.230 e. The van der Waals surface area contributed by atoms with Gasteiger partial charge in [0, 0.05) is 17.9 Å². The molecule has 0 aromatic carbocycles. The van der Waals surface area contributed by atoms with E-state index >= 15 is 0 Å². The minimum atomic E-state index is -0.235. The van der Waals surface area contributed by atoms with Crippen LogP contribution in [-0.2, 0) is 11.3 Å². The zero-order chi connectivity index (χ0) is 16.9. The Labute approximate surface area is 140 Å². The van der Waals surface area contributed by atoms with Crippen molar-refractivity contribution in [2.75, 3.05) is 11.2 Å². The lowest BCUT2D eigenvalue weighted by molar-refractivity contribution is -0.119. The van der Waals surface area contributed by atoms with E-state index in [1.54, 1.807) is 17.1 Å². The monoisotopic (exact) mass is 334 g/mol. The van der Waals surface area contributed by atoms with E-state index < -0.39 is 0 Å². The van der Waals surface area contributed by atoms with Gasteiger partial charge in [-0.15, -0.1) is 10.2 Å². The van der Waals surface area contributed by atoms with Crippen LogP contribution >= 0.6 is 11.8 Å². The number of hydrogen-bond donors (Lipinski definition) is 2. The Morgan fingerprint density at radius 3 is 2.61 bits per heavy atom. The Morgan fingerprint density at radius 2 is 1.96 bits per heavy atom. The van der Waals surface area contributed by atoms with E-state index in [1.807, 2.05) is 39.8 Å². The highest BCUT2D eigenvalue weighted by Gasteiger charge is 2.16. The molecule has 2 aromatic heterocycles. The summed E-state index contributed by atoms with van der Waals surface area (Å²) >= 11 is 1.35. The molecule has 2 rings (SSSR count). The third kappa shape index (κ3) is 5.55. The van der Waals surface area contributed by atoms with Crippen LogP contribution in [-0.4, -0.2) is 37.1 Å². The highest BCUT2D eigenvalue weighted by atomic mass is 32.2. The second kappa shape index (κ2) is 7.45. The molecule has 0 aliphatic heterocycles. The van der Waals surface area contributed by atoms with Gasteiger partial charge in [-0.05, 0) is 45.4 Å². The lowest BCUT2D eigenvalue weighted by Crippen LogP contribution is -2.41. The summed E-state index contributed by atoms with van der Waals surface area (Å²) < 4.78 is 1.80. The Hall–Kier alpha value is -2.09. The Bertz CT molecular complexity index is 650. The molecule has 124 valence electrons. The Kier molecular flexibility index (Phi) is 5.59. The predicted molar refractivity (Wildman–Crippen MR) is 90.7 cm³/mol. The number of aryl methyl sites for hydroxylation is 1. The fraction of sp³-hybridized carbons (Fsp3) is 0.467. The number of hydrogen-bond acceptors (Lipinski definition) is 6. The summed E-state index contributed by atoms with van der Waals surface area (Å²) in [6.07, 6.45) is 3.51. The molecule has 2 aromatic rings. The first-order valence-electron chi connectivity index (χ1n) is 7.34. The van der Waals surface area contributed by atoms with Crippen molar-refractivity contribution in [3.8, 4) is 0 Å². The molecule has 0 unspecified atom stereocenters. The molecular weight excluding hydrogens is 312 g/mol. The van der Waals surface area contributed by atoms with Crippen LogP contribution in [0.1, 0.15) is 32.2 Å². The molecule has 0 saturated heterocycles. The van der Waals surface area contributed by atoms with Crippen LogP contribution in [0.15, 0.2) is 29.7 Å². The van der Waals surface area contributed by atoms with Crippen molar-refractivity contribution in [3.05, 3.63) is 35.9 Å². The summed E-state index contributed by atoms with van der Waals surface area (Å²) in [7, 11) is 0. The molecule has 0 spiro atoms. The lowest BCUT2D eigenvalue weighted by Gasteiger charge is -2.20. The molecular formula is C15H22N6OS. The minimum absolute atomic E-state index is 0.0242. The molecule has 1 amide bonds. The van der Waals surface area contributed by atoms with E-state index in [2.05, 4.69) is 25.9 Å². The van der Waals surface area contributed by atoms with Crippen molar-refractivity contribution < 1.29 is 4.79 Å². The second-order valence-corrected chi connectivity index (χ2v) is 7.08. The van der Waals surface area contributed by atoms with E-state index in [1.165, 1.54) is 11.8 Å². The number of nitrogens with zero attached hydrogens (tertiary/aromatic N) is 4. The first-order valence-corrected chi connectivity index (χ1v) is 8.32. The molecule has 0 aliphatic carbocycles. The number of thioether (sulfide) groups is 1. The molecule has 0 atom stereocenters. The van der Waals surface area contributed by atoms with Gasteiger partial charge in [-0.25, -0.2) is 4.68 Å². The number of nitrogens with one attached hydrogen (secondary N) is 2. The highest BCUT2D eigenvalue weighted by Crippen LogP contribution is 2.16. The molecule has 0 aliphatic rings. The standard InChI is InChI=1S/C15H22N6OS/c1-11-19-20-14(23-10-13(22)18-15(2,3)4)21(11)17-9-12-5-7-16-8-6-12/h5-8,17H,9-10H2,1-4H3,(H,18,22). The third-order valence-corrected chi connectivity index (χ3v) is 3.76. The van der Waals surface area contributed by atoms with E-state index in [-0.39, 0.29) is 11.4 Å². The molecule has 0 saturated carbocycles. The average Bonchev–Trinajstić information content (AvgIpc) is 2.83. The summed E-state index contributed by atoms with van der Waals surface area (Å²) in [6, 6.07) is 3.88. The summed E-state index contributed by atoms with van der Waals surface area (Å²) in [6.45, 7) is 8.37. The molecule has 8 heteroatoms. The molecule has 2 N–H and O–H groups in total. The van der Waals surface area contributed by atoms with E-state index in [4.69, 9.17) is 0 Å². The van der Waals surface area contributed by atoms with Gasteiger partial charge in [0.25, 0.3) is 0 Å². The maximum Gasteiger partial charge on any atom is 0.230 e. The zero-order valence-electron chi connectivity index (χ0n) is 13.8. The predicted octanol–water partition coefficient (Wildman–Crippen LogP) is 1.73. The first-order chi connectivity index (χ1) is 10.8. The van der Waals surface area contributed by atoms with Gasteiger partial charge >= 0.3 is 0 Å². The first kappa shape index (κ1) is 17.3. The van der Waals surface area contributed by atoms with Crippen molar-refractivity contribution in [2.24, 2.45) is 0 Å². The van der Waals surface area contributed by atoms with Gasteiger partial charge in [0.05, 0.1) is 12.3 Å². The lowest BCUT2D eigenvalue weighted by atomic mass is 10.1. The number of carbonyl (C=O) groups excluding carboxylic acids is 1. The minimum Gasteiger partial charge on any atom is -0.351 e. The van der Waals surface area contributed by atoms with Crippen molar-refractivity contribution >= 4 is 17.7 Å². The fourth-order valence-electron chi connectivity index (χ4n) is 1.87. The van der Waals surface area contributed by atoms with Crippen molar-refractivity contribution in [3.63, 3.8) is 0 Å². The van der Waals surface area contributed by atoms with Crippen molar-refractivity contribution in [2.45, 2.75) is 44.9 Å². The van der Waals surface area contributed by atoms with E-state index in [0.717, 1.165) is 11.4 Å². The molecule has 0 radical (unpaired) electrons. The highest BCUT2D eigenvalue weighted by molar-refractivity contribution is 7.99. The summed E-state index contributed by atoms with van der Waals surface area (Å²) in [5.41, 5.74) is 4.13. The van der Waals surface area contributed by atoms with Crippen LogP contribution in [0, 0.1) is 6.92 Å². The number of rotatable bonds is 6. The van der Waals surface area contributed by atoms with Gasteiger partial charge < -0.3 is 10.7 Å². The third-order valence-electron chi connectivity index (χ3n) is 2.83. The summed E-state index contributed by atoms with van der Waals surface area (Å²) in [4.78, 5) is 15.9. The normalized spacial score (nSPS) is 11.3. The maximum atomic E-state index is 11.9. The number of pyridine rings is 1. The SMILES string of the molecule is Cc1nnc(SCC(=O)NC(C)(C)C)n1NCc1ccncc1. The molecule has 23 heavy (non-hydrogen) atoms. The van der Waals surface area contributed by atoms with Crippen LogP contribution in [0.25, 0.3) is 0 Å². The van der Waals surface area contributed by atoms with Crippen LogP contribution in [0.3, 0.4) is 0 Å². The van der Waals surface area contributed by atoms with Gasteiger partial charge in [0.1, 0.15) is 5.82 Å². The van der Waals surface area contributed by atoms with Crippen LogP contribution in [0.5, 0.6) is 0 Å². The molecule has 0 fully saturated rings. The van der Waals surface area contributed by atoms with Crippen molar-refractivity contribution in [1.82, 2.24) is 25.2 Å². The Balaban J connectivity index is 1.94. The van der Waals surface area contributed by atoms with Crippen LogP contribution < -0.4 is 10.7 Å². The largest absolute Gasteiger partial charge is 0.351 e. The maximum absolute atomic E-state index is 11.9. The average molecular weight is 334 g/mol. The van der Waals surface area contributed by atoms with Gasteiger partial charge in [0.2, 0.25) is 11.1 Å². The van der Waals surface area contributed by atoms with Crippen LogP contribution in [0.2, 0.25) is 0 Å². The molecule has 0 bridgehead atoms. The van der Waals surface area contributed by atoms with E-state index in [9.17, 15) is 4.79 Å². The Morgan fingerprint density at radius 1 is 1.26 bits per heavy atom. The number of aromatic nitrogens is 4. The number of amides is 1. The quantitative estimate of drug-likeness (QED) is 0.783. The topological polar surface area (TPSA) is 84.7 Å². The summed E-state index contributed by atoms with van der Waals surface area (Å²) in [5.74, 6) is 1.02. The van der Waals surface area contributed by atoms with Crippen LogP contribution in [0.4, 0.5) is 0 Å². The second-order valence-electron chi connectivity index (χ2n) is 6.14. The molecule has 7 nitrogen and oxygen atoms in total. The van der Waals surface area contributed by atoms with E-state index in [0.29, 0.717) is 17.5 Å². The zero-order valence-corrected chi connectivity index (χ0v) is 14.6.